The van der Waals surface area contributed by atoms with E-state index in [1.807, 2.05) is 0 Å². The maximum atomic E-state index is 12.8. The highest BCUT2D eigenvalue weighted by molar-refractivity contribution is 6.34. The number of aromatic nitrogens is 1. The molecule has 25 heavy (non-hydrogen) atoms. The van der Waals surface area contributed by atoms with Crippen LogP contribution in [0.2, 0.25) is 5.02 Å². The zero-order chi connectivity index (χ0) is 18.2. The first kappa shape index (κ1) is 17.2. The van der Waals surface area contributed by atoms with Gasteiger partial charge in [-0.2, -0.15) is 13.2 Å². The zero-order valence-corrected chi connectivity index (χ0v) is 13.6. The van der Waals surface area contributed by atoms with E-state index in [4.69, 9.17) is 16.3 Å². The van der Waals surface area contributed by atoms with E-state index in [2.05, 4.69) is 10.3 Å². The van der Waals surface area contributed by atoms with Crippen LogP contribution in [0.15, 0.2) is 42.5 Å². The number of rotatable bonds is 3. The topological polar surface area (TPSA) is 54.1 Å². The Kier molecular flexibility index (Phi) is 4.34. The second-order valence-electron chi connectivity index (χ2n) is 5.28. The molecule has 0 saturated carbocycles. The van der Waals surface area contributed by atoms with E-state index < -0.39 is 17.6 Å². The highest BCUT2D eigenvalue weighted by Crippen LogP contribution is 2.34. The van der Waals surface area contributed by atoms with Crippen LogP contribution in [0, 0.1) is 0 Å². The third-order valence-corrected chi connectivity index (χ3v) is 3.94. The number of anilines is 1. The molecule has 130 valence electrons. The minimum absolute atomic E-state index is 0.0131. The lowest BCUT2D eigenvalue weighted by Gasteiger charge is -2.11. The molecule has 1 heterocycles. The molecule has 0 aliphatic carbocycles. The molecule has 0 unspecified atom stereocenters. The van der Waals surface area contributed by atoms with Gasteiger partial charge >= 0.3 is 6.18 Å². The van der Waals surface area contributed by atoms with Gasteiger partial charge in [-0.15, -0.1) is 0 Å². The Labute approximate surface area is 145 Å². The predicted octanol–water partition coefficient (Wildman–Crippen LogP) is 5.10. The number of alkyl halides is 3. The molecule has 4 nitrogen and oxygen atoms in total. The van der Waals surface area contributed by atoms with Gasteiger partial charge in [-0.05, 0) is 42.5 Å². The number of H-pyrrole nitrogens is 1. The molecule has 3 rings (SSSR count). The molecule has 2 aromatic carbocycles. The SMILES string of the molecule is COc1ccc2[nH]c(C(=O)Nc3cc(C(F)(F)F)ccc3Cl)cc2c1. The number of methoxy groups -OCH3 is 1. The number of hydrogen-bond donors (Lipinski definition) is 2. The van der Waals surface area contributed by atoms with Crippen molar-refractivity contribution >= 4 is 34.1 Å². The standard InChI is InChI=1S/C17H12ClF3N2O2/c1-25-11-3-5-13-9(6-11)7-15(22-13)16(24)23-14-8-10(17(19,20)21)2-4-12(14)18/h2-8,22H,1H3,(H,23,24). The second-order valence-corrected chi connectivity index (χ2v) is 5.69. The monoisotopic (exact) mass is 368 g/mol. The largest absolute Gasteiger partial charge is 0.497 e. The average Bonchev–Trinajstić information content (AvgIpc) is 2.98. The van der Waals surface area contributed by atoms with Crippen molar-refractivity contribution in [3.8, 4) is 5.75 Å². The fourth-order valence-electron chi connectivity index (χ4n) is 2.35. The summed E-state index contributed by atoms with van der Waals surface area (Å²) in [5, 5.41) is 3.14. The van der Waals surface area contributed by atoms with Crippen molar-refractivity contribution in [2.45, 2.75) is 6.18 Å². The van der Waals surface area contributed by atoms with E-state index >= 15 is 0 Å². The van der Waals surface area contributed by atoms with Crippen LogP contribution in [-0.4, -0.2) is 18.0 Å². The van der Waals surface area contributed by atoms with Crippen molar-refractivity contribution in [1.29, 1.82) is 0 Å². The highest BCUT2D eigenvalue weighted by atomic mass is 35.5. The van der Waals surface area contributed by atoms with Gasteiger partial charge in [-0.3, -0.25) is 4.79 Å². The predicted molar refractivity (Wildman–Crippen MR) is 89.3 cm³/mol. The van der Waals surface area contributed by atoms with Crippen LogP contribution in [0.4, 0.5) is 18.9 Å². The Bertz CT molecular complexity index is 951. The third kappa shape index (κ3) is 3.56. The molecule has 3 aromatic rings. The van der Waals surface area contributed by atoms with Gasteiger partial charge in [0.1, 0.15) is 11.4 Å². The minimum Gasteiger partial charge on any atom is -0.497 e. The number of halogens is 4. The van der Waals surface area contributed by atoms with Crippen molar-refractivity contribution in [2.24, 2.45) is 0 Å². The summed E-state index contributed by atoms with van der Waals surface area (Å²) in [4.78, 5) is 15.2. The Balaban J connectivity index is 1.89. The Morgan fingerprint density at radius 1 is 1.16 bits per heavy atom. The van der Waals surface area contributed by atoms with Gasteiger partial charge in [0.15, 0.2) is 0 Å². The number of carbonyl (C=O) groups excluding carboxylic acids is 1. The molecule has 0 aliphatic rings. The molecule has 8 heteroatoms. The first-order chi connectivity index (χ1) is 11.8. The Morgan fingerprint density at radius 2 is 1.92 bits per heavy atom. The fraction of sp³-hybridized carbons (Fsp3) is 0.118. The second kappa shape index (κ2) is 6.33. The van der Waals surface area contributed by atoms with E-state index in [9.17, 15) is 18.0 Å². The summed E-state index contributed by atoms with van der Waals surface area (Å²) in [5.74, 6) is 0.0239. The zero-order valence-electron chi connectivity index (χ0n) is 12.9. The summed E-state index contributed by atoms with van der Waals surface area (Å²) in [6.07, 6.45) is -4.53. The van der Waals surface area contributed by atoms with E-state index in [0.29, 0.717) is 11.3 Å². The molecular formula is C17H12ClF3N2O2. The summed E-state index contributed by atoms with van der Waals surface area (Å²) in [6.45, 7) is 0. The number of aromatic amines is 1. The minimum atomic E-state index is -4.53. The lowest BCUT2D eigenvalue weighted by atomic mass is 10.2. The summed E-state index contributed by atoms with van der Waals surface area (Å²) in [5.41, 5.74) is -0.121. The lowest BCUT2D eigenvalue weighted by Crippen LogP contribution is -2.14. The summed E-state index contributed by atoms with van der Waals surface area (Å²) >= 11 is 5.89. The van der Waals surface area contributed by atoms with Crippen molar-refractivity contribution in [3.63, 3.8) is 0 Å². The first-order valence-electron chi connectivity index (χ1n) is 7.13. The van der Waals surface area contributed by atoms with E-state index in [1.54, 1.807) is 24.3 Å². The normalized spacial score (nSPS) is 11.6. The van der Waals surface area contributed by atoms with Crippen LogP contribution in [0.5, 0.6) is 5.75 Å². The van der Waals surface area contributed by atoms with Gasteiger partial charge in [-0.1, -0.05) is 11.6 Å². The lowest BCUT2D eigenvalue weighted by molar-refractivity contribution is -0.137. The van der Waals surface area contributed by atoms with Gasteiger partial charge in [-0.25, -0.2) is 0 Å². The molecule has 1 aromatic heterocycles. The maximum Gasteiger partial charge on any atom is 0.416 e. The molecule has 0 atom stereocenters. The molecule has 0 saturated heterocycles. The number of nitrogens with one attached hydrogen (secondary N) is 2. The van der Waals surface area contributed by atoms with Gasteiger partial charge in [0, 0.05) is 10.9 Å². The van der Waals surface area contributed by atoms with E-state index in [-0.39, 0.29) is 16.4 Å². The Hall–Kier alpha value is -2.67. The number of amides is 1. The van der Waals surface area contributed by atoms with Crippen LogP contribution < -0.4 is 10.1 Å². The molecule has 0 aliphatic heterocycles. The first-order valence-corrected chi connectivity index (χ1v) is 7.50. The molecule has 2 N–H and O–H groups in total. The molecular weight excluding hydrogens is 357 g/mol. The van der Waals surface area contributed by atoms with E-state index in [1.165, 1.54) is 7.11 Å². The van der Waals surface area contributed by atoms with E-state index in [0.717, 1.165) is 23.6 Å². The summed E-state index contributed by atoms with van der Waals surface area (Å²) < 4.78 is 43.5. The third-order valence-electron chi connectivity index (χ3n) is 3.61. The smallest absolute Gasteiger partial charge is 0.416 e. The number of hydrogen-bond acceptors (Lipinski definition) is 2. The maximum absolute atomic E-state index is 12.8. The van der Waals surface area contributed by atoms with Crippen LogP contribution in [0.25, 0.3) is 10.9 Å². The van der Waals surface area contributed by atoms with Crippen molar-refractivity contribution in [2.75, 3.05) is 12.4 Å². The fourth-order valence-corrected chi connectivity index (χ4v) is 2.51. The van der Waals surface area contributed by atoms with Crippen LogP contribution in [0.1, 0.15) is 16.1 Å². The van der Waals surface area contributed by atoms with Gasteiger partial charge < -0.3 is 15.0 Å². The Morgan fingerprint density at radius 3 is 2.60 bits per heavy atom. The number of benzene rings is 2. The van der Waals surface area contributed by atoms with Crippen LogP contribution in [0.3, 0.4) is 0 Å². The summed E-state index contributed by atoms with van der Waals surface area (Å²) in [6, 6.07) is 9.52. The number of ether oxygens (including phenoxy) is 1. The number of carbonyl (C=O) groups is 1. The molecule has 1 amide bonds. The summed E-state index contributed by atoms with van der Waals surface area (Å²) in [7, 11) is 1.52. The molecule has 0 fully saturated rings. The van der Waals surface area contributed by atoms with Gasteiger partial charge in [0.25, 0.3) is 5.91 Å². The van der Waals surface area contributed by atoms with Gasteiger partial charge in [0.05, 0.1) is 23.4 Å². The number of fused-ring (bicyclic) bond motifs is 1. The average molecular weight is 369 g/mol. The molecule has 0 bridgehead atoms. The molecule has 0 spiro atoms. The van der Waals surface area contributed by atoms with Crippen molar-refractivity contribution in [3.05, 3.63) is 58.7 Å². The van der Waals surface area contributed by atoms with Gasteiger partial charge in [0.2, 0.25) is 0 Å². The molecule has 0 radical (unpaired) electrons. The quantitative estimate of drug-likeness (QED) is 0.675. The van der Waals surface area contributed by atoms with Crippen LogP contribution >= 0.6 is 11.6 Å². The van der Waals surface area contributed by atoms with Crippen molar-refractivity contribution < 1.29 is 22.7 Å². The highest BCUT2D eigenvalue weighted by Gasteiger charge is 2.31. The van der Waals surface area contributed by atoms with Crippen molar-refractivity contribution in [1.82, 2.24) is 4.98 Å². The van der Waals surface area contributed by atoms with Crippen LogP contribution in [-0.2, 0) is 6.18 Å².